The van der Waals surface area contributed by atoms with Crippen LogP contribution in [0.1, 0.15) is 24.0 Å². The van der Waals surface area contributed by atoms with Crippen LogP contribution in [0, 0.1) is 6.92 Å². The van der Waals surface area contributed by atoms with E-state index in [4.69, 9.17) is 4.74 Å². The molecule has 104 valence electrons. The van der Waals surface area contributed by atoms with Crippen LogP contribution in [0.3, 0.4) is 0 Å². The molecule has 4 heteroatoms. The summed E-state index contributed by atoms with van der Waals surface area (Å²) in [5.41, 5.74) is 2.54. The summed E-state index contributed by atoms with van der Waals surface area (Å²) in [4.78, 5) is 11.7. The highest BCUT2D eigenvalue weighted by molar-refractivity contribution is 7.99. The zero-order chi connectivity index (χ0) is 13.5. The van der Waals surface area contributed by atoms with E-state index in [1.165, 1.54) is 11.1 Å². The molecular weight excluding hydrogens is 258 g/mol. The monoisotopic (exact) mass is 279 g/mol. The van der Waals surface area contributed by atoms with E-state index >= 15 is 0 Å². The fourth-order valence-corrected chi connectivity index (χ4v) is 2.95. The number of amides is 1. The highest BCUT2D eigenvalue weighted by Crippen LogP contribution is 2.14. The standard InChI is InChI=1S/C15H21NO2S/c1-12-4-2-5-13(8-12)10-19-11-15(17)16-9-14-6-3-7-18-14/h2,4-5,8,14H,3,6-7,9-11H2,1H3,(H,16,17). The van der Waals surface area contributed by atoms with E-state index in [0.717, 1.165) is 25.2 Å². The molecule has 1 N–H and O–H groups in total. The van der Waals surface area contributed by atoms with Crippen LogP contribution in [0.15, 0.2) is 24.3 Å². The molecule has 1 atom stereocenters. The third-order valence-electron chi connectivity index (χ3n) is 3.14. The second-order valence-corrected chi connectivity index (χ2v) is 5.91. The summed E-state index contributed by atoms with van der Waals surface area (Å²) in [6, 6.07) is 8.41. The second kappa shape index (κ2) is 7.56. The minimum Gasteiger partial charge on any atom is -0.376 e. The Labute approximate surface area is 119 Å². The maximum Gasteiger partial charge on any atom is 0.230 e. The molecule has 1 aliphatic heterocycles. The first-order valence-electron chi connectivity index (χ1n) is 6.75. The molecule has 1 fully saturated rings. The Hall–Kier alpha value is -1.00. The van der Waals surface area contributed by atoms with Crippen molar-refractivity contribution in [1.29, 1.82) is 0 Å². The van der Waals surface area contributed by atoms with E-state index in [-0.39, 0.29) is 12.0 Å². The molecule has 1 amide bonds. The van der Waals surface area contributed by atoms with Gasteiger partial charge in [-0.15, -0.1) is 11.8 Å². The highest BCUT2D eigenvalue weighted by atomic mass is 32.2. The van der Waals surface area contributed by atoms with Gasteiger partial charge in [0.2, 0.25) is 5.91 Å². The average molecular weight is 279 g/mol. The van der Waals surface area contributed by atoms with Crippen LogP contribution in [0.2, 0.25) is 0 Å². The minimum absolute atomic E-state index is 0.105. The number of thioether (sulfide) groups is 1. The van der Waals surface area contributed by atoms with Crippen molar-refractivity contribution in [3.63, 3.8) is 0 Å². The Morgan fingerprint density at radius 2 is 2.42 bits per heavy atom. The van der Waals surface area contributed by atoms with Crippen LogP contribution in [0.4, 0.5) is 0 Å². The second-order valence-electron chi connectivity index (χ2n) is 4.92. The van der Waals surface area contributed by atoms with E-state index < -0.39 is 0 Å². The molecule has 2 rings (SSSR count). The first kappa shape index (κ1) is 14.4. The third-order valence-corrected chi connectivity index (χ3v) is 4.14. The number of carbonyl (C=O) groups is 1. The molecule has 0 radical (unpaired) electrons. The first-order chi connectivity index (χ1) is 9.24. The quantitative estimate of drug-likeness (QED) is 0.869. The van der Waals surface area contributed by atoms with E-state index in [1.807, 2.05) is 0 Å². The van der Waals surface area contributed by atoms with Crippen LogP contribution in [0.5, 0.6) is 0 Å². The summed E-state index contributed by atoms with van der Waals surface area (Å²) in [5, 5.41) is 2.94. The molecule has 0 spiro atoms. The summed E-state index contributed by atoms with van der Waals surface area (Å²) in [5.74, 6) is 1.50. The lowest BCUT2D eigenvalue weighted by Gasteiger charge is -2.10. The lowest BCUT2D eigenvalue weighted by molar-refractivity contribution is -0.119. The van der Waals surface area contributed by atoms with Gasteiger partial charge < -0.3 is 10.1 Å². The molecule has 0 aromatic heterocycles. The molecule has 1 aliphatic rings. The van der Waals surface area contributed by atoms with Gasteiger partial charge in [0.05, 0.1) is 11.9 Å². The molecule has 1 aromatic carbocycles. The van der Waals surface area contributed by atoms with Gasteiger partial charge in [-0.3, -0.25) is 4.79 Å². The fraction of sp³-hybridized carbons (Fsp3) is 0.533. The van der Waals surface area contributed by atoms with Crippen LogP contribution < -0.4 is 5.32 Å². The third kappa shape index (κ3) is 5.25. The number of hydrogen-bond acceptors (Lipinski definition) is 3. The number of carbonyl (C=O) groups excluding carboxylic acids is 1. The first-order valence-corrected chi connectivity index (χ1v) is 7.91. The Morgan fingerprint density at radius 3 is 3.16 bits per heavy atom. The van der Waals surface area contributed by atoms with Gasteiger partial charge in [0.25, 0.3) is 0 Å². The molecule has 0 aliphatic carbocycles. The van der Waals surface area contributed by atoms with Crippen LogP contribution in [-0.4, -0.2) is 30.9 Å². The highest BCUT2D eigenvalue weighted by Gasteiger charge is 2.15. The number of rotatable bonds is 6. The SMILES string of the molecule is Cc1cccc(CSCC(=O)NCC2CCCO2)c1. The van der Waals surface area contributed by atoms with Crippen molar-refractivity contribution in [2.24, 2.45) is 0 Å². The van der Waals surface area contributed by atoms with E-state index in [9.17, 15) is 4.79 Å². The average Bonchev–Trinajstić information content (AvgIpc) is 2.89. The maximum absolute atomic E-state index is 11.7. The smallest absolute Gasteiger partial charge is 0.230 e. The van der Waals surface area contributed by atoms with Crippen molar-refractivity contribution < 1.29 is 9.53 Å². The molecule has 3 nitrogen and oxygen atoms in total. The summed E-state index contributed by atoms with van der Waals surface area (Å²) < 4.78 is 5.47. The van der Waals surface area contributed by atoms with Crippen molar-refractivity contribution in [3.8, 4) is 0 Å². The lowest BCUT2D eigenvalue weighted by Crippen LogP contribution is -2.32. The van der Waals surface area contributed by atoms with Gasteiger partial charge in [0, 0.05) is 18.9 Å². The Balaban J connectivity index is 1.60. The van der Waals surface area contributed by atoms with Gasteiger partial charge >= 0.3 is 0 Å². The summed E-state index contributed by atoms with van der Waals surface area (Å²) in [7, 11) is 0. The summed E-state index contributed by atoms with van der Waals surface area (Å²) >= 11 is 1.65. The summed E-state index contributed by atoms with van der Waals surface area (Å²) in [6.45, 7) is 3.58. The number of nitrogens with one attached hydrogen (secondary N) is 1. The Morgan fingerprint density at radius 1 is 1.53 bits per heavy atom. The zero-order valence-corrected chi connectivity index (χ0v) is 12.2. The van der Waals surface area contributed by atoms with Gasteiger partial charge in [0.1, 0.15) is 0 Å². The van der Waals surface area contributed by atoms with Crippen molar-refractivity contribution in [2.45, 2.75) is 31.6 Å². The number of hydrogen-bond donors (Lipinski definition) is 1. The fourth-order valence-electron chi connectivity index (χ4n) is 2.15. The number of benzene rings is 1. The molecule has 1 aromatic rings. The molecular formula is C15H21NO2S. The van der Waals surface area contributed by atoms with Crippen LogP contribution in [0.25, 0.3) is 0 Å². The molecule has 1 unspecified atom stereocenters. The predicted molar refractivity (Wildman–Crippen MR) is 79.3 cm³/mol. The largest absolute Gasteiger partial charge is 0.376 e. The van der Waals surface area contributed by atoms with E-state index in [0.29, 0.717) is 12.3 Å². The lowest BCUT2D eigenvalue weighted by atomic mass is 10.2. The molecule has 1 saturated heterocycles. The number of ether oxygens (including phenoxy) is 1. The normalized spacial score (nSPS) is 18.5. The van der Waals surface area contributed by atoms with Crippen molar-refractivity contribution in [2.75, 3.05) is 18.9 Å². The van der Waals surface area contributed by atoms with E-state index in [2.05, 4.69) is 36.5 Å². The molecule has 0 bridgehead atoms. The zero-order valence-electron chi connectivity index (χ0n) is 11.4. The topological polar surface area (TPSA) is 38.3 Å². The molecule has 0 saturated carbocycles. The van der Waals surface area contributed by atoms with Crippen molar-refractivity contribution in [3.05, 3.63) is 35.4 Å². The summed E-state index contributed by atoms with van der Waals surface area (Å²) in [6.07, 6.45) is 2.41. The predicted octanol–water partition coefficient (Wildman–Crippen LogP) is 2.52. The van der Waals surface area contributed by atoms with Crippen LogP contribution in [-0.2, 0) is 15.3 Å². The molecule has 1 heterocycles. The van der Waals surface area contributed by atoms with Crippen molar-refractivity contribution >= 4 is 17.7 Å². The molecule has 19 heavy (non-hydrogen) atoms. The maximum atomic E-state index is 11.7. The van der Waals surface area contributed by atoms with Crippen molar-refractivity contribution in [1.82, 2.24) is 5.32 Å². The van der Waals surface area contributed by atoms with Crippen LogP contribution >= 0.6 is 11.8 Å². The number of aryl methyl sites for hydroxylation is 1. The Kier molecular flexibility index (Phi) is 5.73. The van der Waals surface area contributed by atoms with Gasteiger partial charge in [-0.25, -0.2) is 0 Å². The van der Waals surface area contributed by atoms with E-state index in [1.54, 1.807) is 11.8 Å². The van der Waals surface area contributed by atoms with Gasteiger partial charge in [-0.05, 0) is 25.3 Å². The van der Waals surface area contributed by atoms with Gasteiger partial charge in [-0.1, -0.05) is 29.8 Å². The Bertz CT molecular complexity index is 416. The van der Waals surface area contributed by atoms with Gasteiger partial charge in [-0.2, -0.15) is 0 Å². The minimum atomic E-state index is 0.105. The van der Waals surface area contributed by atoms with Gasteiger partial charge in [0.15, 0.2) is 0 Å².